The van der Waals surface area contributed by atoms with Crippen LogP contribution in [0.4, 0.5) is 5.69 Å². The van der Waals surface area contributed by atoms with Crippen molar-refractivity contribution in [2.24, 2.45) is 0 Å². The van der Waals surface area contributed by atoms with Crippen LogP contribution in [0.5, 0.6) is 0 Å². The second-order valence-electron chi connectivity index (χ2n) is 6.52. The molecule has 8 nitrogen and oxygen atoms in total. The van der Waals surface area contributed by atoms with Gasteiger partial charge in [0.2, 0.25) is 10.0 Å². The number of amides is 1. The van der Waals surface area contributed by atoms with Gasteiger partial charge in [0.15, 0.2) is 0 Å². The molecule has 0 saturated carbocycles. The zero-order chi connectivity index (χ0) is 20.2. The average molecular weight is 397 g/mol. The number of hydrogen-bond acceptors (Lipinski definition) is 5. The summed E-state index contributed by atoms with van der Waals surface area (Å²) < 4.78 is 27.0. The third-order valence-corrected chi connectivity index (χ3v) is 6.75. The summed E-state index contributed by atoms with van der Waals surface area (Å²) in [5.41, 5.74) is 0.863. The second kappa shape index (κ2) is 8.71. The fourth-order valence-corrected chi connectivity index (χ4v) is 4.76. The van der Waals surface area contributed by atoms with Crippen molar-refractivity contribution in [2.75, 3.05) is 44.7 Å². The molecule has 0 radical (unpaired) electrons. The molecule has 1 aliphatic heterocycles. The number of hydrogen-bond donors (Lipinski definition) is 1. The van der Waals surface area contributed by atoms with E-state index in [1.807, 2.05) is 4.90 Å². The molecule has 0 aliphatic carbocycles. The monoisotopic (exact) mass is 397 g/mol. The third-order valence-electron chi connectivity index (χ3n) is 4.71. The number of rotatable bonds is 8. The number of nitrogens with zero attached hydrogens (tertiary/aromatic N) is 3. The Bertz CT molecular complexity index is 799. The summed E-state index contributed by atoms with van der Waals surface area (Å²) in [6.07, 6.45) is 2.00. The maximum Gasteiger partial charge on any atom is 0.323 e. The van der Waals surface area contributed by atoms with Crippen molar-refractivity contribution in [3.63, 3.8) is 0 Å². The Kier molecular flexibility index (Phi) is 6.83. The largest absolute Gasteiger partial charge is 0.480 e. The molecule has 2 rings (SSSR count). The van der Waals surface area contributed by atoms with E-state index in [2.05, 4.69) is 0 Å². The summed E-state index contributed by atoms with van der Waals surface area (Å²) in [4.78, 5) is 27.0. The summed E-state index contributed by atoms with van der Waals surface area (Å²) in [5.74, 6) is -1.63. The smallest absolute Gasteiger partial charge is 0.323 e. The number of carboxylic acid groups (broad SMARTS) is 1. The van der Waals surface area contributed by atoms with Crippen LogP contribution in [0.15, 0.2) is 23.1 Å². The van der Waals surface area contributed by atoms with Gasteiger partial charge >= 0.3 is 5.97 Å². The van der Waals surface area contributed by atoms with E-state index in [1.54, 1.807) is 19.9 Å². The summed E-state index contributed by atoms with van der Waals surface area (Å²) in [6, 6.07) is 4.56. The Morgan fingerprint density at radius 3 is 2.26 bits per heavy atom. The van der Waals surface area contributed by atoms with Gasteiger partial charge in [0, 0.05) is 38.9 Å². The lowest BCUT2D eigenvalue weighted by molar-refractivity contribution is -0.137. The molecule has 1 aromatic rings. The van der Waals surface area contributed by atoms with Gasteiger partial charge in [-0.05, 0) is 31.0 Å². The van der Waals surface area contributed by atoms with Crippen LogP contribution in [0.2, 0.25) is 0 Å². The first kappa shape index (κ1) is 21.2. The Balaban J connectivity index is 2.52. The minimum Gasteiger partial charge on any atom is -0.480 e. The molecule has 0 spiro atoms. The van der Waals surface area contributed by atoms with Crippen LogP contribution in [0.1, 0.15) is 37.0 Å². The van der Waals surface area contributed by atoms with Crippen molar-refractivity contribution in [3.8, 4) is 0 Å². The van der Waals surface area contributed by atoms with Crippen molar-refractivity contribution in [1.82, 2.24) is 9.21 Å². The highest BCUT2D eigenvalue weighted by atomic mass is 32.2. The van der Waals surface area contributed by atoms with Crippen LogP contribution >= 0.6 is 0 Å². The van der Waals surface area contributed by atoms with Crippen LogP contribution in [-0.4, -0.2) is 74.4 Å². The van der Waals surface area contributed by atoms with Crippen LogP contribution < -0.4 is 4.90 Å². The first-order valence-corrected chi connectivity index (χ1v) is 10.5. The Hall–Kier alpha value is -2.13. The maximum absolute atomic E-state index is 12.9. The highest BCUT2D eigenvalue weighted by Gasteiger charge is 2.27. The minimum absolute atomic E-state index is 0.0428. The van der Waals surface area contributed by atoms with Gasteiger partial charge in [0.1, 0.15) is 6.54 Å². The summed E-state index contributed by atoms with van der Waals surface area (Å²) in [5, 5.41) is 8.97. The van der Waals surface area contributed by atoms with Crippen molar-refractivity contribution in [2.45, 2.75) is 31.6 Å². The molecule has 1 amide bonds. The summed E-state index contributed by atoms with van der Waals surface area (Å²) >= 11 is 0. The van der Waals surface area contributed by atoms with Crippen LogP contribution in [-0.2, 0) is 14.8 Å². The molecule has 0 aromatic heterocycles. The van der Waals surface area contributed by atoms with E-state index in [4.69, 9.17) is 5.11 Å². The lowest BCUT2D eigenvalue weighted by atomic mass is 10.1. The quantitative estimate of drug-likeness (QED) is 0.713. The number of sulfonamides is 1. The highest BCUT2D eigenvalue weighted by molar-refractivity contribution is 7.89. The zero-order valence-electron chi connectivity index (χ0n) is 16.0. The highest BCUT2D eigenvalue weighted by Crippen LogP contribution is 2.29. The number of likely N-dealkylation sites (N-methyl/N-ethyl adjacent to an activating group) is 1. The van der Waals surface area contributed by atoms with Gasteiger partial charge < -0.3 is 14.9 Å². The predicted molar refractivity (Wildman–Crippen MR) is 103 cm³/mol. The van der Waals surface area contributed by atoms with Crippen LogP contribution in [0, 0.1) is 0 Å². The van der Waals surface area contributed by atoms with E-state index in [0.717, 1.165) is 30.8 Å². The van der Waals surface area contributed by atoms with Crippen molar-refractivity contribution < 1.29 is 23.1 Å². The average Bonchev–Trinajstić information content (AvgIpc) is 3.15. The van der Waals surface area contributed by atoms with E-state index in [-0.39, 0.29) is 10.5 Å². The van der Waals surface area contributed by atoms with Crippen molar-refractivity contribution >= 4 is 27.6 Å². The topological polar surface area (TPSA) is 98.2 Å². The first-order chi connectivity index (χ1) is 12.7. The standard InChI is InChI=1S/C18H27N3O5S/c1-4-21(5-2)27(25,26)14-8-9-16(20-10-6-7-11-20)15(12-14)18(24)19(3)13-17(22)23/h8-9,12H,4-7,10-11,13H2,1-3H3,(H,22,23). The number of anilines is 1. The number of carbonyl (C=O) groups excluding carboxylic acids is 1. The molecule has 1 fully saturated rings. The molecular formula is C18H27N3O5S. The van der Waals surface area contributed by atoms with E-state index < -0.39 is 28.4 Å². The molecular weight excluding hydrogens is 370 g/mol. The minimum atomic E-state index is -3.72. The molecule has 1 heterocycles. The number of carboxylic acids is 1. The molecule has 1 N–H and O–H groups in total. The second-order valence-corrected chi connectivity index (χ2v) is 8.46. The van der Waals surface area contributed by atoms with E-state index in [0.29, 0.717) is 18.8 Å². The van der Waals surface area contributed by atoms with Gasteiger partial charge in [-0.2, -0.15) is 4.31 Å². The van der Waals surface area contributed by atoms with Gasteiger partial charge in [0.25, 0.3) is 5.91 Å². The molecule has 0 bridgehead atoms. The molecule has 1 aliphatic rings. The lowest BCUT2D eigenvalue weighted by Crippen LogP contribution is -2.34. The predicted octanol–water partition coefficient (Wildman–Crippen LogP) is 1.47. The van der Waals surface area contributed by atoms with Gasteiger partial charge in [-0.1, -0.05) is 13.8 Å². The number of aliphatic carboxylic acids is 1. The molecule has 1 saturated heterocycles. The molecule has 0 unspecified atom stereocenters. The van der Waals surface area contributed by atoms with E-state index in [1.165, 1.54) is 23.5 Å². The SMILES string of the molecule is CCN(CC)S(=O)(=O)c1ccc(N2CCCC2)c(C(=O)N(C)CC(=O)O)c1. The third kappa shape index (κ3) is 4.59. The van der Waals surface area contributed by atoms with Crippen molar-refractivity contribution in [3.05, 3.63) is 23.8 Å². The molecule has 150 valence electrons. The fraction of sp³-hybridized carbons (Fsp3) is 0.556. The maximum atomic E-state index is 12.9. The fourth-order valence-electron chi connectivity index (χ4n) is 3.27. The summed E-state index contributed by atoms with van der Waals surface area (Å²) in [7, 11) is -2.32. The molecule has 9 heteroatoms. The molecule has 0 atom stereocenters. The van der Waals surface area contributed by atoms with Gasteiger partial charge in [-0.15, -0.1) is 0 Å². The van der Waals surface area contributed by atoms with E-state index in [9.17, 15) is 18.0 Å². The van der Waals surface area contributed by atoms with Crippen LogP contribution in [0.3, 0.4) is 0 Å². The summed E-state index contributed by atoms with van der Waals surface area (Å²) in [6.45, 7) is 5.28. The Labute approximate surface area is 160 Å². The van der Waals surface area contributed by atoms with Gasteiger partial charge in [-0.25, -0.2) is 8.42 Å². The lowest BCUT2D eigenvalue weighted by Gasteiger charge is -2.25. The Morgan fingerprint density at radius 1 is 1.15 bits per heavy atom. The van der Waals surface area contributed by atoms with Crippen LogP contribution in [0.25, 0.3) is 0 Å². The van der Waals surface area contributed by atoms with Gasteiger partial charge in [-0.3, -0.25) is 9.59 Å². The first-order valence-electron chi connectivity index (χ1n) is 9.08. The number of carbonyl (C=O) groups is 2. The van der Waals surface area contributed by atoms with E-state index >= 15 is 0 Å². The zero-order valence-corrected chi connectivity index (χ0v) is 16.8. The number of benzene rings is 1. The normalized spacial score (nSPS) is 14.6. The molecule has 1 aromatic carbocycles. The van der Waals surface area contributed by atoms with Crippen molar-refractivity contribution in [1.29, 1.82) is 0 Å². The Morgan fingerprint density at radius 2 is 1.74 bits per heavy atom. The van der Waals surface area contributed by atoms with Gasteiger partial charge in [0.05, 0.1) is 10.5 Å². The molecule has 27 heavy (non-hydrogen) atoms.